The minimum atomic E-state index is -4.69. The number of likely N-dealkylation sites (N-methyl/N-ethyl adjacent to an activating group) is 1. The third-order valence-electron chi connectivity index (χ3n) is 7.77. The number of aromatic nitrogens is 2. The zero-order chi connectivity index (χ0) is 33.3. The summed E-state index contributed by atoms with van der Waals surface area (Å²) < 4.78 is 56.1. The number of halogens is 5. The highest BCUT2D eigenvalue weighted by atomic mass is 35.5. The molecule has 0 fully saturated rings. The predicted octanol–water partition coefficient (Wildman–Crippen LogP) is 6.13. The van der Waals surface area contributed by atoms with Crippen LogP contribution < -0.4 is 15.5 Å². The number of alkyl halides is 4. The molecule has 2 N–H and O–H groups in total. The number of hydrogen-bond donors (Lipinski definition) is 2. The zero-order valence-electron chi connectivity index (χ0n) is 25.0. The number of carbonyl (C=O) groups is 3. The van der Waals surface area contributed by atoms with Crippen LogP contribution in [-0.2, 0) is 15.8 Å². The van der Waals surface area contributed by atoms with Crippen molar-refractivity contribution in [1.82, 2.24) is 20.4 Å². The van der Waals surface area contributed by atoms with Gasteiger partial charge in [0.25, 0.3) is 11.8 Å². The first kappa shape index (κ1) is 32.7. The fourth-order valence-corrected chi connectivity index (χ4v) is 5.65. The summed E-state index contributed by atoms with van der Waals surface area (Å²) in [5, 5.41) is 9.50. The van der Waals surface area contributed by atoms with E-state index in [1.807, 2.05) is 6.07 Å². The molecule has 46 heavy (non-hydrogen) atoms. The quantitative estimate of drug-likeness (QED) is 0.176. The maximum Gasteiger partial charge on any atom is 0.416 e. The molecule has 3 aromatic carbocycles. The summed E-state index contributed by atoms with van der Waals surface area (Å²) in [5.74, 6) is -3.09. The third kappa shape index (κ3) is 6.34. The van der Waals surface area contributed by atoms with Crippen LogP contribution in [0.15, 0.2) is 78.9 Å². The lowest BCUT2D eigenvalue weighted by Gasteiger charge is -2.39. The van der Waals surface area contributed by atoms with Gasteiger partial charge in [0.05, 0.1) is 23.0 Å². The van der Waals surface area contributed by atoms with Crippen LogP contribution in [0, 0.1) is 5.82 Å². The standard InChI is InChI=1S/C33H30ClF4N5O3/c1-4-42-31-26(27(19(3)39-29(44)18(2)34)41-43(31)24-11-6-5-7-12-24)25(20-13-15-23(35)16-14-20)28(32(42)46)40-30(45)21-9-8-10-22(17-21)33(36,37)38/h5-19,25,28H,4H2,1-3H3,(H,39,44)(H,40,45)/t18-,19+,25-,28-/m0/s1. The highest BCUT2D eigenvalue weighted by Crippen LogP contribution is 2.45. The molecule has 5 rings (SSSR count). The molecule has 1 aliphatic rings. The molecule has 8 nitrogen and oxygen atoms in total. The average molecular weight is 656 g/mol. The zero-order valence-corrected chi connectivity index (χ0v) is 25.7. The second kappa shape index (κ2) is 13.0. The largest absolute Gasteiger partial charge is 0.416 e. The maximum atomic E-state index is 14.3. The normalized spacial score (nSPS) is 17.7. The Labute approximate surface area is 267 Å². The summed E-state index contributed by atoms with van der Waals surface area (Å²) in [4.78, 5) is 42.0. The molecule has 0 bridgehead atoms. The van der Waals surface area contributed by atoms with Crippen LogP contribution in [0.25, 0.3) is 5.69 Å². The number of fused-ring (bicyclic) bond motifs is 1. The molecule has 0 aliphatic carbocycles. The lowest BCUT2D eigenvalue weighted by Crippen LogP contribution is -2.55. The van der Waals surface area contributed by atoms with Crippen LogP contribution >= 0.6 is 11.6 Å². The van der Waals surface area contributed by atoms with E-state index in [-0.39, 0.29) is 12.1 Å². The van der Waals surface area contributed by atoms with Crippen molar-refractivity contribution in [3.63, 3.8) is 0 Å². The summed E-state index contributed by atoms with van der Waals surface area (Å²) in [6.45, 7) is 5.07. The van der Waals surface area contributed by atoms with Gasteiger partial charge in [0, 0.05) is 23.6 Å². The summed E-state index contributed by atoms with van der Waals surface area (Å²) in [6.07, 6.45) is -4.69. The molecule has 1 aliphatic heterocycles. The van der Waals surface area contributed by atoms with E-state index in [0.29, 0.717) is 34.4 Å². The Hall–Kier alpha value is -4.71. The molecule has 240 valence electrons. The minimum absolute atomic E-state index is 0.134. The molecule has 4 aromatic rings. The van der Waals surface area contributed by atoms with Gasteiger partial charge in [0.15, 0.2) is 0 Å². The molecule has 0 radical (unpaired) electrons. The molecule has 0 saturated heterocycles. The van der Waals surface area contributed by atoms with Crippen molar-refractivity contribution in [2.75, 3.05) is 11.4 Å². The van der Waals surface area contributed by atoms with Crippen LogP contribution in [-0.4, -0.2) is 45.5 Å². The monoisotopic (exact) mass is 655 g/mol. The van der Waals surface area contributed by atoms with E-state index in [1.54, 1.807) is 42.8 Å². The Kier molecular flexibility index (Phi) is 9.20. The molecule has 13 heteroatoms. The van der Waals surface area contributed by atoms with E-state index in [2.05, 4.69) is 10.6 Å². The fourth-order valence-electron chi connectivity index (χ4n) is 5.58. The van der Waals surface area contributed by atoms with Gasteiger partial charge in [-0.25, -0.2) is 9.07 Å². The average Bonchev–Trinajstić information content (AvgIpc) is 3.42. The topological polar surface area (TPSA) is 96.3 Å². The van der Waals surface area contributed by atoms with Gasteiger partial charge in [0.2, 0.25) is 5.91 Å². The van der Waals surface area contributed by atoms with Gasteiger partial charge in [-0.15, -0.1) is 11.6 Å². The van der Waals surface area contributed by atoms with Gasteiger partial charge in [0.1, 0.15) is 23.1 Å². The van der Waals surface area contributed by atoms with Crippen LogP contribution in [0.2, 0.25) is 0 Å². The van der Waals surface area contributed by atoms with E-state index in [0.717, 1.165) is 12.1 Å². The van der Waals surface area contributed by atoms with Gasteiger partial charge in [-0.1, -0.05) is 36.4 Å². The number of anilines is 1. The van der Waals surface area contributed by atoms with E-state index in [9.17, 15) is 31.9 Å². The van der Waals surface area contributed by atoms with Crippen molar-refractivity contribution in [2.24, 2.45) is 0 Å². The number of amides is 3. The van der Waals surface area contributed by atoms with Crippen LogP contribution in [0.3, 0.4) is 0 Å². The Morgan fingerprint density at radius 1 is 1.00 bits per heavy atom. The number of hydrogen-bond acceptors (Lipinski definition) is 4. The second-order valence-electron chi connectivity index (χ2n) is 10.9. The Balaban J connectivity index is 1.73. The number of carbonyl (C=O) groups excluding carboxylic acids is 3. The van der Waals surface area contributed by atoms with E-state index >= 15 is 0 Å². The summed E-state index contributed by atoms with van der Waals surface area (Å²) in [5.41, 5.74) is 0.520. The van der Waals surface area contributed by atoms with Gasteiger partial charge in [-0.2, -0.15) is 18.3 Å². The van der Waals surface area contributed by atoms with Crippen LogP contribution in [0.1, 0.15) is 65.5 Å². The SMILES string of the molecule is CCN1C(=O)[C@@H](NC(=O)c2cccc(C(F)(F)F)c2)[C@@H](c2ccc(F)cc2)c2c([C@@H](C)NC(=O)[C@H](C)Cl)nn(-c3ccccc3)c21. The molecular weight excluding hydrogens is 626 g/mol. The number of para-hydroxylation sites is 1. The molecule has 1 aromatic heterocycles. The third-order valence-corrected chi connectivity index (χ3v) is 7.97. The first-order valence-electron chi connectivity index (χ1n) is 14.5. The lowest BCUT2D eigenvalue weighted by atomic mass is 9.80. The Morgan fingerprint density at radius 3 is 2.28 bits per heavy atom. The molecule has 0 unspecified atom stereocenters. The molecule has 2 heterocycles. The number of benzene rings is 3. The smallest absolute Gasteiger partial charge is 0.347 e. The minimum Gasteiger partial charge on any atom is -0.347 e. The Morgan fingerprint density at radius 2 is 1.67 bits per heavy atom. The molecule has 0 spiro atoms. The van der Waals surface area contributed by atoms with Crippen molar-refractivity contribution in [2.45, 2.75) is 50.3 Å². The molecule has 0 saturated carbocycles. The lowest BCUT2D eigenvalue weighted by molar-refractivity contribution is -0.137. The van der Waals surface area contributed by atoms with Crippen LogP contribution in [0.5, 0.6) is 0 Å². The Bertz CT molecular complexity index is 1760. The van der Waals surface area contributed by atoms with Crippen molar-refractivity contribution in [3.05, 3.63) is 113 Å². The highest BCUT2D eigenvalue weighted by Gasteiger charge is 2.47. The first-order chi connectivity index (χ1) is 21.8. The fraction of sp³-hybridized carbons (Fsp3) is 0.273. The summed E-state index contributed by atoms with van der Waals surface area (Å²) in [6, 6.07) is 16.1. The van der Waals surface area contributed by atoms with Crippen molar-refractivity contribution in [3.8, 4) is 5.69 Å². The van der Waals surface area contributed by atoms with E-state index in [4.69, 9.17) is 16.7 Å². The number of nitrogens with zero attached hydrogens (tertiary/aromatic N) is 3. The van der Waals surface area contributed by atoms with Gasteiger partial charge in [-0.3, -0.25) is 19.3 Å². The van der Waals surface area contributed by atoms with Crippen molar-refractivity contribution in [1.29, 1.82) is 0 Å². The molecular formula is C33H30ClF4N5O3. The number of nitrogens with one attached hydrogen (secondary N) is 2. The molecule has 4 atom stereocenters. The predicted molar refractivity (Wildman–Crippen MR) is 164 cm³/mol. The second-order valence-corrected chi connectivity index (χ2v) is 11.5. The number of rotatable bonds is 8. The van der Waals surface area contributed by atoms with Gasteiger partial charge < -0.3 is 10.6 Å². The van der Waals surface area contributed by atoms with Crippen molar-refractivity contribution < 1.29 is 31.9 Å². The van der Waals surface area contributed by atoms with Gasteiger partial charge >= 0.3 is 6.18 Å². The van der Waals surface area contributed by atoms with E-state index < -0.39 is 58.7 Å². The summed E-state index contributed by atoms with van der Waals surface area (Å²) >= 11 is 6.04. The first-order valence-corrected chi connectivity index (χ1v) is 14.9. The van der Waals surface area contributed by atoms with Crippen LogP contribution in [0.4, 0.5) is 23.4 Å². The highest BCUT2D eigenvalue weighted by molar-refractivity contribution is 6.30. The summed E-state index contributed by atoms with van der Waals surface area (Å²) in [7, 11) is 0. The van der Waals surface area contributed by atoms with E-state index in [1.165, 1.54) is 42.2 Å². The van der Waals surface area contributed by atoms with Crippen molar-refractivity contribution >= 4 is 35.1 Å². The molecule has 3 amide bonds. The van der Waals surface area contributed by atoms with Gasteiger partial charge in [-0.05, 0) is 68.8 Å². The maximum absolute atomic E-state index is 14.3.